The van der Waals surface area contributed by atoms with Crippen molar-refractivity contribution in [3.05, 3.63) is 61.6 Å². The van der Waals surface area contributed by atoms with Gasteiger partial charge in [0, 0.05) is 32.3 Å². The van der Waals surface area contributed by atoms with E-state index in [1.54, 1.807) is 49.4 Å². The summed E-state index contributed by atoms with van der Waals surface area (Å²) in [5.74, 6) is -0.697. The van der Waals surface area contributed by atoms with E-state index in [1.165, 1.54) is 4.90 Å². The van der Waals surface area contributed by atoms with Gasteiger partial charge in [-0.3, -0.25) is 13.9 Å². The van der Waals surface area contributed by atoms with Gasteiger partial charge in [0.25, 0.3) is 0 Å². The smallest absolute Gasteiger partial charge is 0.244 e. The minimum Gasteiger partial charge on any atom is -0.354 e. The average Bonchev–Trinajstić information content (AvgIpc) is 2.75. The summed E-state index contributed by atoms with van der Waals surface area (Å²) >= 11 is 14.8. The minimum absolute atomic E-state index is 0.0576. The Hall–Kier alpha value is -1.56. The number of nitrogens with one attached hydrogen (secondary N) is 1. The average molecular weight is 640 g/mol. The van der Waals surface area contributed by atoms with Gasteiger partial charge >= 0.3 is 0 Å². The predicted molar refractivity (Wildman–Crippen MR) is 146 cm³/mol. The number of amides is 2. The van der Waals surface area contributed by atoms with Crippen LogP contribution in [0.15, 0.2) is 42.5 Å². The number of nitrogens with zero attached hydrogens (tertiary/aromatic N) is 2. The summed E-state index contributed by atoms with van der Waals surface area (Å²) < 4.78 is 27.1. The molecule has 7 nitrogen and oxygen atoms in total. The van der Waals surface area contributed by atoms with Crippen molar-refractivity contribution in [1.82, 2.24) is 10.2 Å². The number of carbonyl (C=O) groups excluding carboxylic acids is 2. The molecule has 2 rings (SSSR count). The van der Waals surface area contributed by atoms with Crippen LogP contribution in [-0.2, 0) is 26.2 Å². The molecule has 0 aliphatic heterocycles. The molecule has 0 saturated carbocycles. The number of carbonyl (C=O) groups is 2. The van der Waals surface area contributed by atoms with E-state index in [0.29, 0.717) is 27.8 Å². The number of benzene rings is 2. The third-order valence-corrected chi connectivity index (χ3v) is 7.60. The number of halogens is 3. The number of rotatable bonds is 10. The van der Waals surface area contributed by atoms with Crippen LogP contribution in [0.3, 0.4) is 0 Å². The van der Waals surface area contributed by atoms with Crippen LogP contribution < -0.4 is 9.62 Å². The molecule has 2 aromatic rings. The van der Waals surface area contributed by atoms with Gasteiger partial charge in [-0.15, -0.1) is 0 Å². The molecular weight excluding hydrogens is 612 g/mol. The van der Waals surface area contributed by atoms with E-state index in [0.717, 1.165) is 14.1 Å². The van der Waals surface area contributed by atoms with Crippen molar-refractivity contribution in [2.45, 2.75) is 33.4 Å². The Morgan fingerprint density at radius 3 is 2.09 bits per heavy atom. The summed E-state index contributed by atoms with van der Waals surface area (Å²) in [4.78, 5) is 27.6. The zero-order chi connectivity index (χ0) is 25.6. The van der Waals surface area contributed by atoms with Crippen LogP contribution in [0.2, 0.25) is 10.0 Å². The fourth-order valence-corrected chi connectivity index (χ4v) is 4.84. The van der Waals surface area contributed by atoms with E-state index in [9.17, 15) is 18.0 Å². The third kappa shape index (κ3) is 8.00. The van der Waals surface area contributed by atoms with E-state index < -0.39 is 28.5 Å². The molecule has 0 aliphatic carbocycles. The number of anilines is 1. The molecule has 2 aromatic carbocycles. The van der Waals surface area contributed by atoms with Crippen LogP contribution in [0.1, 0.15) is 26.3 Å². The van der Waals surface area contributed by atoms with Crippen molar-refractivity contribution >= 4 is 73.3 Å². The topological polar surface area (TPSA) is 86.8 Å². The van der Waals surface area contributed by atoms with Crippen LogP contribution in [0.4, 0.5) is 5.69 Å². The monoisotopic (exact) mass is 639 g/mol. The Morgan fingerprint density at radius 2 is 1.59 bits per heavy atom. The maximum absolute atomic E-state index is 13.5. The highest BCUT2D eigenvalue weighted by atomic mass is 127. The number of sulfonamides is 1. The summed E-state index contributed by atoms with van der Waals surface area (Å²) in [6.07, 6.45) is 1.03. The summed E-state index contributed by atoms with van der Waals surface area (Å²) in [6.45, 7) is 5.41. The lowest BCUT2D eigenvalue weighted by atomic mass is 10.1. The molecular formula is C23H28Cl2IN3O4S. The second kappa shape index (κ2) is 12.4. The molecule has 34 heavy (non-hydrogen) atoms. The highest BCUT2D eigenvalue weighted by Crippen LogP contribution is 2.27. The first-order valence-electron chi connectivity index (χ1n) is 10.5. The maximum atomic E-state index is 13.5. The summed E-state index contributed by atoms with van der Waals surface area (Å²) in [7, 11) is -3.79. The van der Waals surface area contributed by atoms with Crippen molar-refractivity contribution in [2.24, 2.45) is 5.92 Å². The molecule has 11 heteroatoms. The van der Waals surface area contributed by atoms with Crippen molar-refractivity contribution in [2.75, 3.05) is 23.7 Å². The Kier molecular flexibility index (Phi) is 10.5. The first-order valence-corrected chi connectivity index (χ1v) is 14.2. The van der Waals surface area contributed by atoms with Gasteiger partial charge in [0.05, 0.1) is 11.9 Å². The van der Waals surface area contributed by atoms with Crippen LogP contribution in [0.5, 0.6) is 0 Å². The second-order valence-electron chi connectivity index (χ2n) is 8.28. The molecule has 0 fully saturated rings. The van der Waals surface area contributed by atoms with Crippen LogP contribution in [0, 0.1) is 9.49 Å². The zero-order valence-electron chi connectivity index (χ0n) is 19.4. The van der Waals surface area contributed by atoms with E-state index in [1.807, 2.05) is 13.8 Å². The zero-order valence-corrected chi connectivity index (χ0v) is 23.9. The molecule has 0 heterocycles. The van der Waals surface area contributed by atoms with Crippen LogP contribution in [0.25, 0.3) is 0 Å². The lowest BCUT2D eigenvalue weighted by Crippen LogP contribution is -2.51. The van der Waals surface area contributed by atoms with Crippen molar-refractivity contribution < 1.29 is 18.0 Å². The SMILES string of the molecule is CC(C)CNC(=O)[C@@H](C)N(Cc1c(Cl)cccc1Cl)C(=O)CN(c1ccc(I)cc1)S(C)(=O)=O. The lowest BCUT2D eigenvalue weighted by Gasteiger charge is -2.32. The Morgan fingerprint density at radius 1 is 1.03 bits per heavy atom. The number of hydrogen-bond donors (Lipinski definition) is 1. The Balaban J connectivity index is 2.41. The molecule has 0 saturated heterocycles. The van der Waals surface area contributed by atoms with E-state index in [-0.39, 0.29) is 18.4 Å². The lowest BCUT2D eigenvalue weighted by molar-refractivity contribution is -0.139. The highest BCUT2D eigenvalue weighted by Gasteiger charge is 2.31. The summed E-state index contributed by atoms with van der Waals surface area (Å²) in [5, 5.41) is 3.51. The molecule has 0 aromatic heterocycles. The number of hydrogen-bond acceptors (Lipinski definition) is 4. The maximum Gasteiger partial charge on any atom is 0.244 e. The largest absolute Gasteiger partial charge is 0.354 e. The van der Waals surface area contributed by atoms with Crippen molar-refractivity contribution in [1.29, 1.82) is 0 Å². The molecule has 186 valence electrons. The first kappa shape index (κ1) is 28.7. The predicted octanol–water partition coefficient (Wildman–Crippen LogP) is 4.55. The van der Waals surface area contributed by atoms with Crippen LogP contribution in [-0.4, -0.2) is 50.5 Å². The molecule has 0 unspecified atom stereocenters. The van der Waals surface area contributed by atoms with Crippen molar-refractivity contribution in [3.8, 4) is 0 Å². The molecule has 0 bridgehead atoms. The molecule has 0 spiro atoms. The standard InChI is InChI=1S/C23H28Cl2IN3O4S/c1-15(2)12-27-23(31)16(3)28(13-19-20(24)6-5-7-21(19)25)22(30)14-29(34(4,32)33)18-10-8-17(26)9-11-18/h5-11,15-16H,12-14H2,1-4H3,(H,27,31)/t16-/m1/s1. The first-order chi connectivity index (χ1) is 15.8. The van der Waals surface area contributed by atoms with Gasteiger partial charge in [0.2, 0.25) is 21.8 Å². The molecule has 0 aliphatic rings. The molecule has 0 radical (unpaired) electrons. The van der Waals surface area contributed by atoms with Gasteiger partial charge in [0.1, 0.15) is 12.6 Å². The summed E-state index contributed by atoms with van der Waals surface area (Å²) in [5.41, 5.74) is 0.826. The normalized spacial score (nSPS) is 12.4. The summed E-state index contributed by atoms with van der Waals surface area (Å²) in [6, 6.07) is 10.8. The van der Waals surface area contributed by atoms with E-state index in [2.05, 4.69) is 27.9 Å². The van der Waals surface area contributed by atoms with Gasteiger partial charge in [-0.1, -0.05) is 43.1 Å². The second-order valence-corrected chi connectivity index (χ2v) is 12.2. The van der Waals surface area contributed by atoms with E-state index >= 15 is 0 Å². The molecule has 1 N–H and O–H groups in total. The van der Waals surface area contributed by atoms with Gasteiger partial charge in [-0.25, -0.2) is 8.42 Å². The van der Waals surface area contributed by atoms with Gasteiger partial charge in [-0.2, -0.15) is 0 Å². The molecule has 2 amide bonds. The Bertz CT molecular complexity index is 1110. The van der Waals surface area contributed by atoms with E-state index in [4.69, 9.17) is 23.2 Å². The molecule has 1 atom stereocenters. The Labute approximate surface area is 225 Å². The van der Waals surface area contributed by atoms with Gasteiger partial charge in [-0.05, 0) is 71.8 Å². The third-order valence-electron chi connectivity index (χ3n) is 5.04. The fraction of sp³-hybridized carbons (Fsp3) is 0.391. The fourth-order valence-electron chi connectivity index (χ4n) is 3.11. The minimum atomic E-state index is -3.79. The van der Waals surface area contributed by atoms with Crippen molar-refractivity contribution in [3.63, 3.8) is 0 Å². The van der Waals surface area contributed by atoms with Crippen LogP contribution >= 0.6 is 45.8 Å². The highest BCUT2D eigenvalue weighted by molar-refractivity contribution is 14.1. The van der Waals surface area contributed by atoms with Gasteiger partial charge < -0.3 is 10.2 Å². The van der Waals surface area contributed by atoms with Gasteiger partial charge in [0.15, 0.2) is 0 Å². The quantitative estimate of drug-likeness (QED) is 0.387.